The number of benzene rings is 1. The number of pyridine rings is 1. The van der Waals surface area contributed by atoms with Crippen LogP contribution in [0.1, 0.15) is 52.2 Å². The summed E-state index contributed by atoms with van der Waals surface area (Å²) in [6.07, 6.45) is 4.96. The van der Waals surface area contributed by atoms with Crippen LogP contribution in [0.4, 0.5) is 11.5 Å². The molecule has 1 fully saturated rings. The van der Waals surface area contributed by atoms with Gasteiger partial charge in [-0.3, -0.25) is 9.59 Å². The SMILES string of the molecule is C=NC1=C(/C=C(\C)Nc2cc3c(cn2)-c2ccc(N4CCCC4=O)cc2OC3C)N(C(=O)C(C)C)CCO1. The second-order valence-corrected chi connectivity index (χ2v) is 10.0. The molecule has 1 saturated heterocycles. The summed E-state index contributed by atoms with van der Waals surface area (Å²) in [7, 11) is 0. The van der Waals surface area contributed by atoms with Crippen LogP contribution in [-0.4, -0.2) is 48.1 Å². The number of carbonyl (C=O) groups excluding carboxylic acids is 2. The molecular formula is C29H33N5O4. The van der Waals surface area contributed by atoms with Gasteiger partial charge in [0.2, 0.25) is 17.7 Å². The number of anilines is 2. The predicted octanol–water partition coefficient (Wildman–Crippen LogP) is 5.03. The number of aromatic nitrogens is 1. The molecule has 4 heterocycles. The zero-order valence-electron chi connectivity index (χ0n) is 22.3. The summed E-state index contributed by atoms with van der Waals surface area (Å²) in [4.78, 5) is 37.2. The number of fused-ring (bicyclic) bond motifs is 3. The van der Waals surface area contributed by atoms with Gasteiger partial charge in [0.1, 0.15) is 30.0 Å². The largest absolute Gasteiger partial charge is 0.485 e. The molecule has 3 aliphatic rings. The molecule has 2 amide bonds. The highest BCUT2D eigenvalue weighted by molar-refractivity contribution is 5.96. The molecule has 38 heavy (non-hydrogen) atoms. The summed E-state index contributed by atoms with van der Waals surface area (Å²) in [5, 5.41) is 3.33. The highest BCUT2D eigenvalue weighted by atomic mass is 16.5. The number of hydrogen-bond donors (Lipinski definition) is 1. The number of nitrogens with one attached hydrogen (secondary N) is 1. The van der Waals surface area contributed by atoms with E-state index in [0.29, 0.717) is 37.0 Å². The molecule has 9 nitrogen and oxygen atoms in total. The molecule has 198 valence electrons. The minimum absolute atomic E-state index is 0.00213. The summed E-state index contributed by atoms with van der Waals surface area (Å²) >= 11 is 0. The second-order valence-electron chi connectivity index (χ2n) is 10.0. The van der Waals surface area contributed by atoms with Gasteiger partial charge < -0.3 is 24.6 Å². The summed E-state index contributed by atoms with van der Waals surface area (Å²) < 4.78 is 11.9. The normalized spacial score (nSPS) is 19.1. The van der Waals surface area contributed by atoms with Gasteiger partial charge in [-0.15, -0.1) is 0 Å². The molecule has 1 N–H and O–H groups in total. The zero-order valence-corrected chi connectivity index (χ0v) is 22.3. The fourth-order valence-corrected chi connectivity index (χ4v) is 5.07. The number of ether oxygens (including phenoxy) is 2. The maximum atomic E-state index is 12.8. The van der Waals surface area contributed by atoms with E-state index in [4.69, 9.17) is 9.47 Å². The van der Waals surface area contributed by atoms with Gasteiger partial charge in [-0.2, -0.15) is 0 Å². The van der Waals surface area contributed by atoms with Gasteiger partial charge >= 0.3 is 0 Å². The van der Waals surface area contributed by atoms with Crippen molar-refractivity contribution in [2.75, 3.05) is 29.9 Å². The van der Waals surface area contributed by atoms with Gasteiger partial charge in [0, 0.05) is 59.2 Å². The van der Waals surface area contributed by atoms with Crippen LogP contribution in [0.5, 0.6) is 5.75 Å². The lowest BCUT2D eigenvalue weighted by Gasteiger charge is -2.30. The number of aliphatic imine (C=N–C) groups is 1. The topological polar surface area (TPSA) is 96.4 Å². The predicted molar refractivity (Wildman–Crippen MR) is 147 cm³/mol. The first-order chi connectivity index (χ1) is 18.3. The average Bonchev–Trinajstić information content (AvgIpc) is 3.34. The Morgan fingerprint density at radius 3 is 2.79 bits per heavy atom. The molecule has 2 aromatic rings. The van der Waals surface area contributed by atoms with Crippen LogP contribution in [0, 0.1) is 5.92 Å². The van der Waals surface area contributed by atoms with Crippen LogP contribution in [0.2, 0.25) is 0 Å². The average molecular weight is 516 g/mol. The minimum atomic E-state index is -0.194. The number of rotatable bonds is 6. The number of allylic oxidation sites excluding steroid dienone is 2. The van der Waals surface area contributed by atoms with E-state index in [0.717, 1.165) is 46.8 Å². The minimum Gasteiger partial charge on any atom is -0.485 e. The van der Waals surface area contributed by atoms with Gasteiger partial charge in [0.15, 0.2) is 0 Å². The lowest BCUT2D eigenvalue weighted by molar-refractivity contribution is -0.133. The molecule has 0 bridgehead atoms. The lowest BCUT2D eigenvalue weighted by Crippen LogP contribution is -2.39. The van der Waals surface area contributed by atoms with Crippen LogP contribution in [-0.2, 0) is 14.3 Å². The van der Waals surface area contributed by atoms with E-state index in [1.54, 1.807) is 4.90 Å². The standard InChI is InChI=1S/C29H33N5O4/c1-17(2)29(36)34-11-12-37-28(30-5)24(34)13-18(3)32-26-15-22-19(4)38-25-14-20(33-10-6-7-27(33)35)8-9-21(25)23(22)16-31-26/h8-9,13-17,19H,5-7,10-12H2,1-4H3,(H,31,32)/b18-13+. The molecule has 9 heteroatoms. The smallest absolute Gasteiger partial charge is 0.237 e. The molecule has 0 saturated carbocycles. The number of nitrogens with zero attached hydrogens (tertiary/aromatic N) is 4. The van der Waals surface area contributed by atoms with Crippen molar-refractivity contribution in [1.82, 2.24) is 9.88 Å². The Morgan fingerprint density at radius 1 is 1.26 bits per heavy atom. The Balaban J connectivity index is 1.41. The Labute approximate surface area is 222 Å². The van der Waals surface area contributed by atoms with E-state index in [1.165, 1.54) is 0 Å². The van der Waals surface area contributed by atoms with Crippen molar-refractivity contribution < 1.29 is 19.1 Å². The Bertz CT molecular complexity index is 1360. The van der Waals surface area contributed by atoms with E-state index in [2.05, 4.69) is 22.0 Å². The quantitative estimate of drug-likeness (QED) is 0.542. The first-order valence-electron chi connectivity index (χ1n) is 13.0. The third-order valence-electron chi connectivity index (χ3n) is 6.96. The van der Waals surface area contributed by atoms with E-state index in [-0.39, 0.29) is 23.8 Å². The van der Waals surface area contributed by atoms with Crippen LogP contribution in [0.15, 0.2) is 58.8 Å². The maximum absolute atomic E-state index is 12.8. The Kier molecular flexibility index (Phi) is 6.93. The monoisotopic (exact) mass is 515 g/mol. The molecule has 1 aromatic carbocycles. The summed E-state index contributed by atoms with van der Waals surface area (Å²) in [5.41, 5.74) is 5.18. The van der Waals surface area contributed by atoms with Crippen molar-refractivity contribution in [2.24, 2.45) is 10.9 Å². The molecule has 0 aliphatic carbocycles. The van der Waals surface area contributed by atoms with E-state index >= 15 is 0 Å². The highest BCUT2D eigenvalue weighted by Crippen LogP contribution is 2.44. The van der Waals surface area contributed by atoms with Gasteiger partial charge in [-0.05, 0) is 51.3 Å². The van der Waals surface area contributed by atoms with Crippen molar-refractivity contribution in [2.45, 2.75) is 46.6 Å². The number of carbonyl (C=O) groups is 2. The van der Waals surface area contributed by atoms with Crippen LogP contribution >= 0.6 is 0 Å². The summed E-state index contributed by atoms with van der Waals surface area (Å²) in [6, 6.07) is 7.90. The van der Waals surface area contributed by atoms with Gasteiger partial charge in [0.05, 0.1) is 6.54 Å². The fourth-order valence-electron chi connectivity index (χ4n) is 5.07. The Morgan fingerprint density at radius 2 is 2.08 bits per heavy atom. The fraction of sp³-hybridized carbons (Fsp3) is 0.379. The molecule has 1 atom stereocenters. The van der Waals surface area contributed by atoms with Crippen molar-refractivity contribution in [3.8, 4) is 16.9 Å². The van der Waals surface area contributed by atoms with E-state index in [9.17, 15) is 9.59 Å². The number of hydrogen-bond acceptors (Lipinski definition) is 7. The lowest BCUT2D eigenvalue weighted by atomic mass is 9.94. The van der Waals surface area contributed by atoms with Crippen LogP contribution in [0.25, 0.3) is 11.1 Å². The van der Waals surface area contributed by atoms with Crippen LogP contribution < -0.4 is 15.0 Å². The van der Waals surface area contributed by atoms with Gasteiger partial charge in [-0.1, -0.05) is 13.8 Å². The van der Waals surface area contributed by atoms with Gasteiger partial charge in [0.25, 0.3) is 0 Å². The Hall–Kier alpha value is -4.14. The van der Waals surface area contributed by atoms with Gasteiger partial charge in [-0.25, -0.2) is 9.98 Å². The first kappa shape index (κ1) is 25.5. The second kappa shape index (κ2) is 10.3. The molecule has 3 aliphatic heterocycles. The van der Waals surface area contributed by atoms with Crippen LogP contribution in [0.3, 0.4) is 0 Å². The highest BCUT2D eigenvalue weighted by Gasteiger charge is 2.29. The van der Waals surface area contributed by atoms with Crippen molar-refractivity contribution in [3.63, 3.8) is 0 Å². The zero-order chi connectivity index (χ0) is 27.0. The van der Waals surface area contributed by atoms with E-state index in [1.807, 2.05) is 69.1 Å². The molecular weight excluding hydrogens is 482 g/mol. The molecule has 0 spiro atoms. The van der Waals surface area contributed by atoms with Crippen molar-refractivity contribution >= 4 is 30.0 Å². The van der Waals surface area contributed by atoms with E-state index < -0.39 is 0 Å². The summed E-state index contributed by atoms with van der Waals surface area (Å²) in [5.74, 6) is 1.74. The first-order valence-corrected chi connectivity index (χ1v) is 13.0. The summed E-state index contributed by atoms with van der Waals surface area (Å²) in [6.45, 7) is 12.8. The third kappa shape index (κ3) is 4.76. The third-order valence-corrected chi connectivity index (χ3v) is 6.96. The molecule has 1 unspecified atom stereocenters. The molecule has 5 rings (SSSR count). The maximum Gasteiger partial charge on any atom is 0.237 e. The molecule has 1 aromatic heterocycles. The van der Waals surface area contributed by atoms with Crippen molar-refractivity contribution in [3.05, 3.63) is 59.4 Å². The van der Waals surface area contributed by atoms with Crippen molar-refractivity contribution in [1.29, 1.82) is 0 Å². The molecule has 0 radical (unpaired) electrons. The number of amides is 2.